The highest BCUT2D eigenvalue weighted by atomic mass is 127. The number of hydrogen-bond donors (Lipinski definition) is 0. The Bertz CT molecular complexity index is 629. The van der Waals surface area contributed by atoms with Crippen molar-refractivity contribution in [2.45, 2.75) is 20.0 Å². The van der Waals surface area contributed by atoms with E-state index in [1.54, 1.807) is 14.2 Å². The zero-order valence-electron chi connectivity index (χ0n) is 12.5. The number of rotatable bonds is 5. The molecule has 0 fully saturated rings. The van der Waals surface area contributed by atoms with Gasteiger partial charge in [-0.1, -0.05) is 6.07 Å². The van der Waals surface area contributed by atoms with Gasteiger partial charge in [-0.2, -0.15) is 0 Å². The summed E-state index contributed by atoms with van der Waals surface area (Å²) in [5.41, 5.74) is 1.83. The largest absolute Gasteiger partial charge is 0.493 e. The molecule has 0 aliphatic rings. The Morgan fingerprint density at radius 3 is 2.43 bits per heavy atom. The lowest BCUT2D eigenvalue weighted by Crippen LogP contribution is -2.07. The van der Waals surface area contributed by atoms with Gasteiger partial charge in [-0.3, -0.25) is 0 Å². The van der Waals surface area contributed by atoms with Crippen LogP contribution in [0.5, 0.6) is 17.4 Å². The molecule has 0 saturated carbocycles. The van der Waals surface area contributed by atoms with Gasteiger partial charge in [0.25, 0.3) is 0 Å². The fourth-order valence-electron chi connectivity index (χ4n) is 1.92. The van der Waals surface area contributed by atoms with Gasteiger partial charge in [0.1, 0.15) is 0 Å². The van der Waals surface area contributed by atoms with Crippen LogP contribution in [0.3, 0.4) is 0 Å². The van der Waals surface area contributed by atoms with Crippen LogP contribution in [0.1, 0.15) is 13.8 Å². The summed E-state index contributed by atoms with van der Waals surface area (Å²) in [5, 5.41) is 0. The quantitative estimate of drug-likeness (QED) is 0.709. The van der Waals surface area contributed by atoms with Crippen molar-refractivity contribution in [3.63, 3.8) is 0 Å². The van der Waals surface area contributed by atoms with Crippen molar-refractivity contribution in [3.8, 4) is 28.6 Å². The molecule has 1 aromatic carbocycles. The molecule has 5 heteroatoms. The Kier molecular flexibility index (Phi) is 5.27. The minimum absolute atomic E-state index is 0.0741. The van der Waals surface area contributed by atoms with Crippen molar-refractivity contribution in [1.82, 2.24) is 4.98 Å². The monoisotopic (exact) mass is 399 g/mol. The molecule has 0 saturated heterocycles. The maximum atomic E-state index is 5.82. The van der Waals surface area contributed by atoms with Gasteiger partial charge in [0.05, 0.1) is 26.0 Å². The van der Waals surface area contributed by atoms with Crippen LogP contribution in [0.25, 0.3) is 11.3 Å². The van der Waals surface area contributed by atoms with E-state index in [2.05, 4.69) is 27.6 Å². The summed E-state index contributed by atoms with van der Waals surface area (Å²) in [7, 11) is 3.25. The first kappa shape index (κ1) is 15.9. The van der Waals surface area contributed by atoms with Crippen LogP contribution >= 0.6 is 22.6 Å². The summed E-state index contributed by atoms with van der Waals surface area (Å²) in [4.78, 5) is 4.47. The fraction of sp³-hybridized carbons (Fsp3) is 0.312. The number of pyridine rings is 1. The van der Waals surface area contributed by atoms with E-state index in [1.807, 2.05) is 44.2 Å². The van der Waals surface area contributed by atoms with Gasteiger partial charge in [-0.15, -0.1) is 0 Å². The lowest BCUT2D eigenvalue weighted by atomic mass is 10.1. The third kappa shape index (κ3) is 3.78. The van der Waals surface area contributed by atoms with Crippen LogP contribution in [0, 0.1) is 3.57 Å². The number of nitrogens with zero attached hydrogens (tertiary/aromatic N) is 1. The average Bonchev–Trinajstić information content (AvgIpc) is 2.48. The first-order chi connectivity index (χ1) is 10.0. The van der Waals surface area contributed by atoms with Gasteiger partial charge < -0.3 is 14.2 Å². The van der Waals surface area contributed by atoms with Crippen LogP contribution < -0.4 is 14.2 Å². The molecule has 0 atom stereocenters. The average molecular weight is 399 g/mol. The van der Waals surface area contributed by atoms with E-state index < -0.39 is 0 Å². The summed E-state index contributed by atoms with van der Waals surface area (Å²) >= 11 is 2.27. The first-order valence-corrected chi connectivity index (χ1v) is 7.68. The predicted octanol–water partition coefficient (Wildman–Crippen LogP) is 4.16. The predicted molar refractivity (Wildman–Crippen MR) is 91.3 cm³/mol. The molecule has 0 spiro atoms. The van der Waals surface area contributed by atoms with Crippen molar-refractivity contribution < 1.29 is 14.2 Å². The van der Waals surface area contributed by atoms with Crippen LogP contribution in [0.2, 0.25) is 0 Å². The Balaban J connectivity index is 2.52. The molecule has 0 aliphatic carbocycles. The highest BCUT2D eigenvalue weighted by Crippen LogP contribution is 2.36. The Morgan fingerprint density at radius 2 is 1.81 bits per heavy atom. The van der Waals surface area contributed by atoms with Gasteiger partial charge in [-0.05, 0) is 54.6 Å². The molecule has 0 aliphatic heterocycles. The SMILES string of the molecule is COc1cccc(-c2cc(OC(C)C)c(OC)cc2I)n1. The third-order valence-electron chi connectivity index (χ3n) is 2.82. The van der Waals surface area contributed by atoms with Crippen molar-refractivity contribution in [2.75, 3.05) is 14.2 Å². The molecule has 0 unspecified atom stereocenters. The Labute approximate surface area is 138 Å². The number of benzene rings is 1. The van der Waals surface area contributed by atoms with Gasteiger partial charge in [0.2, 0.25) is 5.88 Å². The minimum atomic E-state index is 0.0741. The van der Waals surface area contributed by atoms with Crippen LogP contribution in [0.15, 0.2) is 30.3 Å². The molecule has 21 heavy (non-hydrogen) atoms. The van der Waals surface area contributed by atoms with Crippen LogP contribution in [-0.4, -0.2) is 25.3 Å². The second kappa shape index (κ2) is 6.98. The molecule has 4 nitrogen and oxygen atoms in total. The maximum absolute atomic E-state index is 5.82. The number of halogens is 1. The van der Waals surface area contributed by atoms with E-state index in [0.717, 1.165) is 20.6 Å². The summed E-state index contributed by atoms with van der Waals surface area (Å²) < 4.78 is 17.4. The van der Waals surface area contributed by atoms with E-state index in [0.29, 0.717) is 11.6 Å². The van der Waals surface area contributed by atoms with Crippen molar-refractivity contribution in [1.29, 1.82) is 0 Å². The second-order valence-corrected chi connectivity index (χ2v) is 5.88. The smallest absolute Gasteiger partial charge is 0.213 e. The molecule has 0 N–H and O–H groups in total. The van der Waals surface area contributed by atoms with E-state index in [-0.39, 0.29) is 6.10 Å². The van der Waals surface area contributed by atoms with Gasteiger partial charge >= 0.3 is 0 Å². The molecule has 1 heterocycles. The topological polar surface area (TPSA) is 40.6 Å². The second-order valence-electron chi connectivity index (χ2n) is 4.71. The van der Waals surface area contributed by atoms with Crippen molar-refractivity contribution in [3.05, 3.63) is 33.9 Å². The summed E-state index contributed by atoms with van der Waals surface area (Å²) in [5.74, 6) is 2.03. The first-order valence-electron chi connectivity index (χ1n) is 6.60. The molecule has 2 rings (SSSR count). The molecule has 0 bridgehead atoms. The lowest BCUT2D eigenvalue weighted by Gasteiger charge is -2.16. The van der Waals surface area contributed by atoms with Gasteiger partial charge in [-0.25, -0.2) is 4.98 Å². The number of hydrogen-bond acceptors (Lipinski definition) is 4. The molecular formula is C16H18INO3. The van der Waals surface area contributed by atoms with Crippen LogP contribution in [0.4, 0.5) is 0 Å². The van der Waals surface area contributed by atoms with E-state index in [9.17, 15) is 0 Å². The highest BCUT2D eigenvalue weighted by Gasteiger charge is 2.14. The Hall–Kier alpha value is -1.50. The van der Waals surface area contributed by atoms with Gasteiger partial charge in [0, 0.05) is 15.2 Å². The molecule has 0 amide bonds. The normalized spacial score (nSPS) is 10.6. The van der Waals surface area contributed by atoms with E-state index >= 15 is 0 Å². The fourth-order valence-corrected chi connectivity index (χ4v) is 2.63. The molecule has 1 aromatic heterocycles. The minimum Gasteiger partial charge on any atom is -0.493 e. The number of methoxy groups -OCH3 is 2. The molecule has 112 valence electrons. The highest BCUT2D eigenvalue weighted by molar-refractivity contribution is 14.1. The molecular weight excluding hydrogens is 381 g/mol. The third-order valence-corrected chi connectivity index (χ3v) is 3.72. The Morgan fingerprint density at radius 1 is 1.05 bits per heavy atom. The van der Waals surface area contributed by atoms with Gasteiger partial charge in [0.15, 0.2) is 11.5 Å². The lowest BCUT2D eigenvalue weighted by molar-refractivity contribution is 0.230. The number of aromatic nitrogens is 1. The molecule has 2 aromatic rings. The van der Waals surface area contributed by atoms with Crippen LogP contribution in [-0.2, 0) is 0 Å². The zero-order chi connectivity index (χ0) is 15.4. The van der Waals surface area contributed by atoms with E-state index in [4.69, 9.17) is 14.2 Å². The number of ether oxygens (including phenoxy) is 3. The van der Waals surface area contributed by atoms with E-state index in [1.165, 1.54) is 0 Å². The summed E-state index contributed by atoms with van der Waals surface area (Å²) in [6.07, 6.45) is 0.0741. The summed E-state index contributed by atoms with van der Waals surface area (Å²) in [6, 6.07) is 9.61. The van der Waals surface area contributed by atoms with Crippen molar-refractivity contribution in [2.24, 2.45) is 0 Å². The maximum Gasteiger partial charge on any atom is 0.213 e. The zero-order valence-corrected chi connectivity index (χ0v) is 14.7. The summed E-state index contributed by atoms with van der Waals surface area (Å²) in [6.45, 7) is 3.97. The van der Waals surface area contributed by atoms with Crippen molar-refractivity contribution >= 4 is 22.6 Å². The standard InChI is InChI=1S/C16H18INO3/c1-10(2)21-15-8-11(12(17)9-14(15)19-3)13-6-5-7-16(18-13)20-4/h5-10H,1-4H3. The molecule has 0 radical (unpaired) electrons.